The van der Waals surface area contributed by atoms with Crippen LogP contribution in [0.1, 0.15) is 25.0 Å². The Morgan fingerprint density at radius 2 is 1.13 bits per heavy atom. The fourth-order valence-corrected chi connectivity index (χ4v) is 9.21. The maximum absolute atomic E-state index is 7.05. The maximum atomic E-state index is 7.05. The number of furan rings is 1. The van der Waals surface area contributed by atoms with Crippen molar-refractivity contribution in [2.45, 2.75) is 19.3 Å². The largest absolute Gasteiger partial charge is 0.454 e. The van der Waals surface area contributed by atoms with Gasteiger partial charge in [-0.3, -0.25) is 0 Å². The predicted molar refractivity (Wildman–Crippen MR) is 226 cm³/mol. The molecule has 0 unspecified atom stereocenters. The van der Waals surface area contributed by atoms with E-state index >= 15 is 0 Å². The van der Waals surface area contributed by atoms with Gasteiger partial charge in [0.15, 0.2) is 5.58 Å². The molecule has 0 saturated carbocycles. The van der Waals surface area contributed by atoms with Crippen LogP contribution in [0.4, 0.5) is 17.1 Å². The average molecular weight is 693 g/mol. The van der Waals surface area contributed by atoms with E-state index in [2.05, 4.69) is 205 Å². The number of hydrogen-bond acceptors (Lipinski definition) is 2. The number of anilines is 3. The Kier molecular flexibility index (Phi) is 6.60. The van der Waals surface area contributed by atoms with E-state index in [9.17, 15) is 0 Å². The highest BCUT2D eigenvalue weighted by atomic mass is 16.3. The van der Waals surface area contributed by atoms with Crippen molar-refractivity contribution in [1.82, 2.24) is 4.57 Å². The molecule has 0 N–H and O–H groups in total. The molecule has 3 heteroatoms. The van der Waals surface area contributed by atoms with Crippen LogP contribution < -0.4 is 4.90 Å². The summed E-state index contributed by atoms with van der Waals surface area (Å²) in [5.41, 5.74) is 15.9. The molecular weight excluding hydrogens is 657 g/mol. The molecule has 2 heterocycles. The van der Waals surface area contributed by atoms with Gasteiger partial charge in [-0.05, 0) is 88.0 Å². The average Bonchev–Trinajstić information content (AvgIpc) is 3.85. The first-order chi connectivity index (χ1) is 26.6. The van der Waals surface area contributed by atoms with Gasteiger partial charge in [0, 0.05) is 38.3 Å². The van der Waals surface area contributed by atoms with Gasteiger partial charge in [0.05, 0.1) is 22.4 Å². The molecular formula is C51H36N2O. The highest BCUT2D eigenvalue weighted by Crippen LogP contribution is 2.55. The standard InChI is InChI=1S/C51H36N2O/c1-51(2)41-23-11-9-19-37(41)38-21-13-25-44(49(38)51)53(36-29-27-34(28-30-36)33-15-5-3-6-16-33)45-26-14-22-40-48-46(54-50(40)45)32-31-43-47(48)39-20-10-12-24-42(39)52(43)35-17-7-4-8-18-35/h3-32H,1-2H3. The highest BCUT2D eigenvalue weighted by Gasteiger charge is 2.39. The zero-order chi connectivity index (χ0) is 36.0. The summed E-state index contributed by atoms with van der Waals surface area (Å²) in [6.07, 6.45) is 0. The van der Waals surface area contributed by atoms with Crippen molar-refractivity contribution in [1.29, 1.82) is 0 Å². The smallest absolute Gasteiger partial charge is 0.159 e. The van der Waals surface area contributed by atoms with Gasteiger partial charge < -0.3 is 13.9 Å². The summed E-state index contributed by atoms with van der Waals surface area (Å²) in [7, 11) is 0. The predicted octanol–water partition coefficient (Wildman–Crippen LogP) is 14.1. The Balaban J connectivity index is 1.20. The molecule has 0 spiro atoms. The van der Waals surface area contributed by atoms with Gasteiger partial charge in [-0.2, -0.15) is 0 Å². The SMILES string of the molecule is CC1(C)c2ccccc2-c2cccc(N(c3ccc(-c4ccccc4)cc3)c3cccc4c3oc3ccc5c(c6ccccc6n5-c5ccccc5)c34)c21. The lowest BCUT2D eigenvalue weighted by atomic mass is 9.81. The molecule has 1 aliphatic carbocycles. The van der Waals surface area contributed by atoms with Gasteiger partial charge in [-0.15, -0.1) is 0 Å². The molecule has 2 aromatic heterocycles. The zero-order valence-corrected chi connectivity index (χ0v) is 30.1. The Labute approximate surface area is 314 Å². The summed E-state index contributed by atoms with van der Waals surface area (Å²) in [5.74, 6) is 0. The molecule has 54 heavy (non-hydrogen) atoms. The van der Waals surface area contributed by atoms with E-state index < -0.39 is 0 Å². The molecule has 8 aromatic carbocycles. The van der Waals surface area contributed by atoms with E-state index in [4.69, 9.17) is 4.42 Å². The van der Waals surface area contributed by atoms with Crippen LogP contribution in [0.15, 0.2) is 186 Å². The summed E-state index contributed by atoms with van der Waals surface area (Å²) in [6.45, 7) is 4.72. The van der Waals surface area contributed by atoms with Crippen LogP contribution in [0, 0.1) is 0 Å². The first-order valence-electron chi connectivity index (χ1n) is 18.7. The van der Waals surface area contributed by atoms with Crippen LogP contribution in [-0.2, 0) is 5.41 Å². The molecule has 1 aliphatic rings. The first kappa shape index (κ1) is 30.8. The normalized spacial score (nSPS) is 13.1. The Morgan fingerprint density at radius 1 is 0.481 bits per heavy atom. The van der Waals surface area contributed by atoms with Crippen molar-refractivity contribution in [3.63, 3.8) is 0 Å². The molecule has 3 nitrogen and oxygen atoms in total. The molecule has 0 bridgehead atoms. The minimum Gasteiger partial charge on any atom is -0.454 e. The van der Waals surface area contributed by atoms with Crippen LogP contribution in [0.2, 0.25) is 0 Å². The van der Waals surface area contributed by atoms with Gasteiger partial charge in [0.1, 0.15) is 5.58 Å². The fourth-order valence-electron chi connectivity index (χ4n) is 9.21. The molecule has 0 fully saturated rings. The summed E-state index contributed by atoms with van der Waals surface area (Å²) in [4.78, 5) is 2.43. The van der Waals surface area contributed by atoms with Crippen molar-refractivity contribution < 1.29 is 4.42 Å². The number of hydrogen-bond donors (Lipinski definition) is 0. The Hall–Kier alpha value is -6.84. The lowest BCUT2D eigenvalue weighted by molar-refractivity contribution is 0.659. The first-order valence-corrected chi connectivity index (χ1v) is 18.7. The van der Waals surface area contributed by atoms with Gasteiger partial charge in [-0.25, -0.2) is 0 Å². The Bertz CT molecular complexity index is 3060. The van der Waals surface area contributed by atoms with E-state index in [0.29, 0.717) is 0 Å². The summed E-state index contributed by atoms with van der Waals surface area (Å²) in [6, 6.07) is 65.6. The number of aromatic nitrogens is 1. The number of nitrogens with zero attached hydrogens (tertiary/aromatic N) is 2. The van der Waals surface area contributed by atoms with Crippen LogP contribution in [0.5, 0.6) is 0 Å². The molecule has 0 aliphatic heterocycles. The van der Waals surface area contributed by atoms with Crippen LogP contribution in [-0.4, -0.2) is 4.57 Å². The second-order valence-corrected chi connectivity index (χ2v) is 14.9. The quantitative estimate of drug-likeness (QED) is 0.179. The van der Waals surface area contributed by atoms with Crippen molar-refractivity contribution in [3.8, 4) is 27.9 Å². The van der Waals surface area contributed by atoms with Gasteiger partial charge >= 0.3 is 0 Å². The van der Waals surface area contributed by atoms with Crippen molar-refractivity contribution >= 4 is 60.8 Å². The highest BCUT2D eigenvalue weighted by molar-refractivity contribution is 6.28. The van der Waals surface area contributed by atoms with Crippen LogP contribution >= 0.6 is 0 Å². The fraction of sp³-hybridized carbons (Fsp3) is 0.0588. The Morgan fingerprint density at radius 3 is 1.96 bits per heavy atom. The van der Waals surface area contributed by atoms with E-state index in [1.807, 2.05) is 0 Å². The molecule has 0 amide bonds. The molecule has 0 atom stereocenters. The van der Waals surface area contributed by atoms with Gasteiger partial charge in [0.25, 0.3) is 0 Å². The van der Waals surface area contributed by atoms with Crippen LogP contribution in [0.3, 0.4) is 0 Å². The van der Waals surface area contributed by atoms with Crippen LogP contribution in [0.25, 0.3) is 71.7 Å². The zero-order valence-electron chi connectivity index (χ0n) is 30.1. The molecule has 256 valence electrons. The lowest BCUT2D eigenvalue weighted by Crippen LogP contribution is -2.20. The van der Waals surface area contributed by atoms with E-state index in [-0.39, 0.29) is 5.41 Å². The monoisotopic (exact) mass is 692 g/mol. The number of para-hydroxylation sites is 3. The third-order valence-corrected chi connectivity index (χ3v) is 11.6. The number of fused-ring (bicyclic) bond motifs is 10. The van der Waals surface area contributed by atoms with Crippen molar-refractivity contribution in [3.05, 3.63) is 193 Å². The van der Waals surface area contributed by atoms with E-state index in [0.717, 1.165) is 50.2 Å². The minimum atomic E-state index is -0.210. The van der Waals surface area contributed by atoms with E-state index in [1.165, 1.54) is 49.7 Å². The topological polar surface area (TPSA) is 21.3 Å². The number of rotatable bonds is 5. The minimum absolute atomic E-state index is 0.210. The third-order valence-electron chi connectivity index (χ3n) is 11.6. The molecule has 11 rings (SSSR count). The second-order valence-electron chi connectivity index (χ2n) is 14.9. The van der Waals surface area contributed by atoms with Crippen molar-refractivity contribution in [2.24, 2.45) is 0 Å². The third kappa shape index (κ3) is 4.36. The van der Waals surface area contributed by atoms with Gasteiger partial charge in [-0.1, -0.05) is 141 Å². The van der Waals surface area contributed by atoms with Gasteiger partial charge in [0.2, 0.25) is 0 Å². The maximum Gasteiger partial charge on any atom is 0.159 e. The number of benzene rings is 8. The molecule has 10 aromatic rings. The summed E-state index contributed by atoms with van der Waals surface area (Å²) >= 11 is 0. The second kappa shape index (κ2) is 11.6. The molecule has 0 saturated heterocycles. The lowest BCUT2D eigenvalue weighted by Gasteiger charge is -2.32. The summed E-state index contributed by atoms with van der Waals surface area (Å²) < 4.78 is 9.43. The van der Waals surface area contributed by atoms with Crippen molar-refractivity contribution in [2.75, 3.05) is 4.90 Å². The van der Waals surface area contributed by atoms with E-state index in [1.54, 1.807) is 0 Å². The summed E-state index contributed by atoms with van der Waals surface area (Å²) in [5, 5.41) is 4.66. The molecule has 0 radical (unpaired) electrons.